The van der Waals surface area contributed by atoms with E-state index in [4.69, 9.17) is 13.1 Å². The maximum atomic E-state index is 9.69. The Bertz CT molecular complexity index is 1520. The lowest BCUT2D eigenvalue weighted by atomic mass is 9.70. The largest absolute Gasteiger partial charge is 0.238 e. The van der Waals surface area contributed by atoms with E-state index in [-0.39, 0.29) is 0 Å². The highest BCUT2D eigenvalue weighted by atomic mass is 14.7. The average molecular weight is 405 g/mol. The fourth-order valence-corrected chi connectivity index (χ4v) is 5.53. The SMILES string of the molecule is [C-]#[N+]c1ccc2c(c1)C1(c3cc(C)ccc3-2)c2cc(C#N)ccc2-c2ccc([N+]#[C-])cc21. The van der Waals surface area contributed by atoms with Gasteiger partial charge in [-0.05, 0) is 63.6 Å². The van der Waals surface area contributed by atoms with Gasteiger partial charge in [0.15, 0.2) is 11.4 Å². The quantitative estimate of drug-likeness (QED) is 0.244. The second kappa shape index (κ2) is 6.18. The summed E-state index contributed by atoms with van der Waals surface area (Å²) in [5.41, 5.74) is 10.9. The van der Waals surface area contributed by atoms with Crippen LogP contribution < -0.4 is 0 Å². The Hall–Kier alpha value is -4.65. The molecule has 0 fully saturated rings. The molecule has 32 heavy (non-hydrogen) atoms. The van der Waals surface area contributed by atoms with Crippen molar-refractivity contribution in [2.75, 3.05) is 0 Å². The third-order valence-corrected chi connectivity index (χ3v) is 6.78. The molecule has 0 amide bonds. The molecule has 6 rings (SSSR count). The van der Waals surface area contributed by atoms with Gasteiger partial charge in [0.2, 0.25) is 0 Å². The summed E-state index contributed by atoms with van der Waals surface area (Å²) in [5.74, 6) is 0. The summed E-state index contributed by atoms with van der Waals surface area (Å²) in [7, 11) is 0. The zero-order valence-corrected chi connectivity index (χ0v) is 17.3. The summed E-state index contributed by atoms with van der Waals surface area (Å²) in [5, 5.41) is 9.69. The molecule has 4 aromatic rings. The summed E-state index contributed by atoms with van der Waals surface area (Å²) < 4.78 is 0. The maximum absolute atomic E-state index is 9.69. The first-order valence-electron chi connectivity index (χ1n) is 10.3. The zero-order valence-electron chi connectivity index (χ0n) is 17.3. The van der Waals surface area contributed by atoms with E-state index in [9.17, 15) is 5.26 Å². The van der Waals surface area contributed by atoms with Crippen molar-refractivity contribution in [2.24, 2.45) is 0 Å². The molecule has 0 saturated heterocycles. The molecular formula is C29H15N3. The number of benzene rings is 4. The number of nitrogens with zero attached hydrogens (tertiary/aromatic N) is 3. The predicted molar refractivity (Wildman–Crippen MR) is 125 cm³/mol. The third-order valence-electron chi connectivity index (χ3n) is 6.78. The van der Waals surface area contributed by atoms with Gasteiger partial charge >= 0.3 is 0 Å². The van der Waals surface area contributed by atoms with Crippen LogP contribution in [0.5, 0.6) is 0 Å². The van der Waals surface area contributed by atoms with Crippen LogP contribution in [0, 0.1) is 31.4 Å². The first kappa shape index (κ1) is 18.1. The lowest BCUT2D eigenvalue weighted by Gasteiger charge is -2.31. The van der Waals surface area contributed by atoms with E-state index in [2.05, 4.69) is 40.9 Å². The van der Waals surface area contributed by atoms with Crippen molar-refractivity contribution >= 4 is 11.4 Å². The van der Waals surface area contributed by atoms with E-state index in [1.165, 1.54) is 0 Å². The fraction of sp³-hybridized carbons (Fsp3) is 0.0690. The molecule has 4 aromatic carbocycles. The van der Waals surface area contributed by atoms with Gasteiger partial charge in [0.25, 0.3) is 0 Å². The van der Waals surface area contributed by atoms with E-state index in [0.717, 1.165) is 50.1 Å². The summed E-state index contributed by atoms with van der Waals surface area (Å²) in [6.07, 6.45) is 0. The van der Waals surface area contributed by atoms with Crippen molar-refractivity contribution in [3.05, 3.63) is 129 Å². The molecule has 0 aliphatic heterocycles. The Morgan fingerprint density at radius 3 is 1.66 bits per heavy atom. The monoisotopic (exact) mass is 405 g/mol. The highest BCUT2D eigenvalue weighted by Gasteiger charge is 2.51. The third kappa shape index (κ3) is 2.06. The van der Waals surface area contributed by atoms with Crippen LogP contribution in [0.1, 0.15) is 33.4 Å². The summed E-state index contributed by atoms with van der Waals surface area (Å²) in [6.45, 7) is 17.3. The molecule has 1 spiro atoms. The molecule has 1 atom stereocenters. The zero-order chi connectivity index (χ0) is 22.0. The molecule has 3 nitrogen and oxygen atoms in total. The van der Waals surface area contributed by atoms with Crippen molar-refractivity contribution in [1.82, 2.24) is 0 Å². The minimum atomic E-state index is -0.657. The molecular weight excluding hydrogens is 390 g/mol. The molecule has 0 heterocycles. The minimum absolute atomic E-state index is 0.584. The van der Waals surface area contributed by atoms with E-state index in [0.29, 0.717) is 16.9 Å². The van der Waals surface area contributed by atoms with Crippen LogP contribution in [0.3, 0.4) is 0 Å². The summed E-state index contributed by atoms with van der Waals surface area (Å²) >= 11 is 0. The van der Waals surface area contributed by atoms with Crippen LogP contribution in [0.25, 0.3) is 31.9 Å². The highest BCUT2D eigenvalue weighted by molar-refractivity contribution is 5.96. The van der Waals surface area contributed by atoms with Crippen molar-refractivity contribution in [1.29, 1.82) is 5.26 Å². The number of hydrogen-bond acceptors (Lipinski definition) is 1. The van der Waals surface area contributed by atoms with Crippen LogP contribution in [0.2, 0.25) is 0 Å². The van der Waals surface area contributed by atoms with Gasteiger partial charge in [-0.3, -0.25) is 0 Å². The highest BCUT2D eigenvalue weighted by Crippen LogP contribution is 2.63. The Labute approximate surface area is 186 Å². The summed E-state index contributed by atoms with van der Waals surface area (Å²) in [6, 6.07) is 26.4. The Balaban J connectivity index is 1.87. The van der Waals surface area contributed by atoms with Gasteiger partial charge in [-0.2, -0.15) is 5.26 Å². The van der Waals surface area contributed by atoms with Gasteiger partial charge in [-0.25, -0.2) is 9.69 Å². The van der Waals surface area contributed by atoms with Gasteiger partial charge in [-0.15, -0.1) is 0 Å². The number of aryl methyl sites for hydroxylation is 1. The van der Waals surface area contributed by atoms with Crippen LogP contribution in [-0.2, 0) is 5.41 Å². The Kier molecular flexibility index (Phi) is 3.50. The first-order valence-corrected chi connectivity index (χ1v) is 10.3. The fourth-order valence-electron chi connectivity index (χ4n) is 5.53. The number of nitriles is 1. The first-order chi connectivity index (χ1) is 15.6. The lowest BCUT2D eigenvalue weighted by molar-refractivity contribution is 0.793. The number of hydrogen-bond donors (Lipinski definition) is 0. The normalized spacial score (nSPS) is 16.3. The smallest absolute Gasteiger partial charge is 0.187 e. The van der Waals surface area contributed by atoms with Crippen molar-refractivity contribution < 1.29 is 0 Å². The predicted octanol–water partition coefficient (Wildman–Crippen LogP) is 7.31. The van der Waals surface area contributed by atoms with Crippen LogP contribution in [0.15, 0.2) is 72.8 Å². The molecule has 146 valence electrons. The molecule has 2 aliphatic rings. The minimum Gasteiger partial charge on any atom is -0.238 e. The molecule has 0 saturated carbocycles. The van der Waals surface area contributed by atoms with Crippen LogP contribution >= 0.6 is 0 Å². The molecule has 3 heteroatoms. The van der Waals surface area contributed by atoms with Crippen molar-refractivity contribution in [3.63, 3.8) is 0 Å². The molecule has 2 aliphatic carbocycles. The standard InChI is InChI=1S/C29H15N3/c1-17-4-8-21-23-10-6-19(31-2)14-27(23)29(25(21)12-17)26-13-18(16-30)5-9-22(26)24-11-7-20(32-3)15-28(24)29/h4-15H,1H3. The average Bonchev–Trinajstić information content (AvgIpc) is 3.28. The Morgan fingerprint density at radius 1 is 0.656 bits per heavy atom. The number of rotatable bonds is 0. The van der Waals surface area contributed by atoms with Crippen LogP contribution in [0.4, 0.5) is 11.4 Å². The molecule has 0 bridgehead atoms. The van der Waals surface area contributed by atoms with Gasteiger partial charge in [0.05, 0.1) is 30.2 Å². The lowest BCUT2D eigenvalue weighted by Crippen LogP contribution is -2.26. The van der Waals surface area contributed by atoms with Crippen molar-refractivity contribution in [2.45, 2.75) is 12.3 Å². The van der Waals surface area contributed by atoms with Crippen LogP contribution in [-0.4, -0.2) is 0 Å². The van der Waals surface area contributed by atoms with Gasteiger partial charge in [-0.1, -0.05) is 66.2 Å². The second-order valence-electron chi connectivity index (χ2n) is 8.35. The molecule has 0 aromatic heterocycles. The Morgan fingerprint density at radius 2 is 1.12 bits per heavy atom. The van der Waals surface area contributed by atoms with Gasteiger partial charge < -0.3 is 0 Å². The van der Waals surface area contributed by atoms with E-state index in [1.807, 2.05) is 54.6 Å². The molecule has 0 N–H and O–H groups in total. The molecule has 0 radical (unpaired) electrons. The van der Waals surface area contributed by atoms with Crippen molar-refractivity contribution in [3.8, 4) is 28.3 Å². The van der Waals surface area contributed by atoms with E-state index >= 15 is 0 Å². The number of fused-ring (bicyclic) bond motifs is 10. The maximum Gasteiger partial charge on any atom is 0.187 e. The van der Waals surface area contributed by atoms with E-state index < -0.39 is 5.41 Å². The van der Waals surface area contributed by atoms with Gasteiger partial charge in [0.1, 0.15) is 0 Å². The molecule has 1 unspecified atom stereocenters. The van der Waals surface area contributed by atoms with Gasteiger partial charge in [0, 0.05) is 0 Å². The second-order valence-corrected chi connectivity index (χ2v) is 8.35. The topological polar surface area (TPSA) is 32.5 Å². The summed E-state index contributed by atoms with van der Waals surface area (Å²) in [4.78, 5) is 7.42. The van der Waals surface area contributed by atoms with E-state index in [1.54, 1.807) is 0 Å².